The Balaban J connectivity index is 2.08. The predicted molar refractivity (Wildman–Crippen MR) is 167 cm³/mol. The topological polar surface area (TPSA) is 86.8 Å². The van der Waals surface area contributed by atoms with Gasteiger partial charge in [0, 0.05) is 19.5 Å². The average molecular weight is 619 g/mol. The number of sulfonamides is 1. The zero-order valence-electron chi connectivity index (χ0n) is 24.0. The summed E-state index contributed by atoms with van der Waals surface area (Å²) in [6.07, 6.45) is 1.30. The molecule has 1 unspecified atom stereocenters. The van der Waals surface area contributed by atoms with Crippen molar-refractivity contribution in [2.75, 3.05) is 23.7 Å². The Hall–Kier alpha value is -3.07. The molecule has 0 saturated heterocycles. The molecule has 2 amide bonds. The third kappa shape index (κ3) is 9.48. The minimum Gasteiger partial charge on any atom is -0.354 e. The molecular weight excluding hydrogens is 581 g/mol. The summed E-state index contributed by atoms with van der Waals surface area (Å²) < 4.78 is 27.0. The van der Waals surface area contributed by atoms with Crippen molar-refractivity contribution < 1.29 is 18.0 Å². The van der Waals surface area contributed by atoms with Crippen LogP contribution in [-0.2, 0) is 32.6 Å². The van der Waals surface area contributed by atoms with E-state index in [1.54, 1.807) is 30.3 Å². The number of aryl methyl sites for hydroxylation is 2. The molecule has 0 aliphatic rings. The molecule has 0 aliphatic carbocycles. The molecule has 1 N–H and O–H groups in total. The second kappa shape index (κ2) is 14.2. The van der Waals surface area contributed by atoms with Crippen LogP contribution < -0.4 is 9.62 Å². The number of rotatable bonds is 12. The minimum absolute atomic E-state index is 0.0206. The lowest BCUT2D eigenvalue weighted by molar-refractivity contribution is -0.140. The highest BCUT2D eigenvalue weighted by Gasteiger charge is 2.33. The Labute approximate surface area is 253 Å². The lowest BCUT2D eigenvalue weighted by Crippen LogP contribution is -2.53. The molecule has 3 aromatic rings. The maximum Gasteiger partial charge on any atom is 0.244 e. The SMILES string of the molecule is Cc1cc(C)cc(N(CC(=O)N(Cc2ccc(Cl)c(Cl)c2)C(Cc2ccccc2)C(=O)NCC(C)C)S(C)(=O)=O)c1. The van der Waals surface area contributed by atoms with Crippen molar-refractivity contribution in [3.8, 4) is 0 Å². The Morgan fingerprint density at radius 3 is 2.07 bits per heavy atom. The van der Waals surface area contributed by atoms with E-state index < -0.39 is 28.5 Å². The van der Waals surface area contributed by atoms with Crippen LogP contribution in [0.3, 0.4) is 0 Å². The van der Waals surface area contributed by atoms with Crippen LogP contribution in [0.2, 0.25) is 10.0 Å². The Kier molecular flexibility index (Phi) is 11.2. The zero-order chi connectivity index (χ0) is 30.3. The van der Waals surface area contributed by atoms with Gasteiger partial charge in [-0.1, -0.05) is 79.5 Å². The van der Waals surface area contributed by atoms with E-state index in [9.17, 15) is 18.0 Å². The van der Waals surface area contributed by atoms with Crippen LogP contribution in [0.5, 0.6) is 0 Å². The van der Waals surface area contributed by atoms with Gasteiger partial charge in [-0.15, -0.1) is 0 Å². The fourth-order valence-electron chi connectivity index (χ4n) is 4.52. The highest BCUT2D eigenvalue weighted by atomic mass is 35.5. The van der Waals surface area contributed by atoms with Crippen molar-refractivity contribution in [1.82, 2.24) is 10.2 Å². The molecule has 0 aliphatic heterocycles. The van der Waals surface area contributed by atoms with E-state index >= 15 is 0 Å². The summed E-state index contributed by atoms with van der Waals surface area (Å²) in [5, 5.41) is 3.64. The molecule has 0 bridgehead atoms. The molecule has 3 rings (SSSR count). The second-order valence-electron chi connectivity index (χ2n) is 10.7. The normalized spacial score (nSPS) is 12.2. The van der Waals surface area contributed by atoms with Crippen LogP contribution in [0.1, 0.15) is 36.1 Å². The Morgan fingerprint density at radius 1 is 0.878 bits per heavy atom. The maximum absolute atomic E-state index is 14.2. The highest BCUT2D eigenvalue weighted by molar-refractivity contribution is 7.92. The van der Waals surface area contributed by atoms with Gasteiger partial charge in [-0.05, 0) is 66.3 Å². The van der Waals surface area contributed by atoms with Gasteiger partial charge in [0.15, 0.2) is 0 Å². The molecule has 7 nitrogen and oxygen atoms in total. The number of hydrogen-bond acceptors (Lipinski definition) is 4. The van der Waals surface area contributed by atoms with Crippen LogP contribution in [-0.4, -0.2) is 50.5 Å². The van der Waals surface area contributed by atoms with Gasteiger partial charge in [-0.3, -0.25) is 13.9 Å². The van der Waals surface area contributed by atoms with E-state index in [-0.39, 0.29) is 24.8 Å². The number of benzene rings is 3. The van der Waals surface area contributed by atoms with Gasteiger partial charge in [0.05, 0.1) is 22.0 Å². The largest absolute Gasteiger partial charge is 0.354 e. The number of carbonyl (C=O) groups excluding carboxylic acids is 2. The molecule has 41 heavy (non-hydrogen) atoms. The van der Waals surface area contributed by atoms with Gasteiger partial charge in [-0.25, -0.2) is 8.42 Å². The Bertz CT molecular complexity index is 1460. The molecule has 0 heterocycles. The van der Waals surface area contributed by atoms with Crippen LogP contribution in [0.25, 0.3) is 0 Å². The summed E-state index contributed by atoms with van der Waals surface area (Å²) in [4.78, 5) is 29.3. The van der Waals surface area contributed by atoms with Crippen molar-refractivity contribution in [1.29, 1.82) is 0 Å². The van der Waals surface area contributed by atoms with Crippen molar-refractivity contribution in [3.63, 3.8) is 0 Å². The average Bonchev–Trinajstić information content (AvgIpc) is 2.89. The monoisotopic (exact) mass is 617 g/mol. The smallest absolute Gasteiger partial charge is 0.244 e. The van der Waals surface area contributed by atoms with Gasteiger partial charge >= 0.3 is 0 Å². The highest BCUT2D eigenvalue weighted by Crippen LogP contribution is 2.26. The molecule has 220 valence electrons. The summed E-state index contributed by atoms with van der Waals surface area (Å²) in [5.74, 6) is -0.657. The van der Waals surface area contributed by atoms with Gasteiger partial charge in [-0.2, -0.15) is 0 Å². The first kappa shape index (κ1) is 32.4. The summed E-state index contributed by atoms with van der Waals surface area (Å²) in [5.41, 5.74) is 3.63. The van der Waals surface area contributed by atoms with Gasteiger partial charge < -0.3 is 10.2 Å². The molecule has 0 spiro atoms. The first-order valence-electron chi connectivity index (χ1n) is 13.4. The number of hydrogen-bond donors (Lipinski definition) is 1. The van der Waals surface area contributed by atoms with E-state index in [1.165, 1.54) is 4.90 Å². The number of amides is 2. The standard InChI is InChI=1S/C31H37Cl2N3O4S/c1-21(2)18-34-31(38)29(17-24-9-7-6-8-10-24)35(19-25-11-12-27(32)28(33)16-25)30(37)20-36(41(5,39)40)26-14-22(3)13-23(4)15-26/h6-16,21,29H,17-20H2,1-5H3,(H,34,38). The molecule has 10 heteroatoms. The second-order valence-corrected chi connectivity index (χ2v) is 13.5. The molecule has 0 saturated carbocycles. The molecule has 0 radical (unpaired) electrons. The molecule has 0 fully saturated rings. The van der Waals surface area contributed by atoms with Crippen LogP contribution in [0.4, 0.5) is 5.69 Å². The van der Waals surface area contributed by atoms with Crippen molar-refractivity contribution in [2.24, 2.45) is 5.92 Å². The number of carbonyl (C=O) groups is 2. The number of anilines is 1. The maximum atomic E-state index is 14.2. The molecule has 1 atom stereocenters. The third-order valence-electron chi connectivity index (χ3n) is 6.47. The molecule has 0 aromatic heterocycles. The van der Waals surface area contributed by atoms with E-state index in [0.29, 0.717) is 27.8 Å². The zero-order valence-corrected chi connectivity index (χ0v) is 26.4. The van der Waals surface area contributed by atoms with E-state index in [4.69, 9.17) is 23.2 Å². The summed E-state index contributed by atoms with van der Waals surface area (Å²) in [6.45, 7) is 7.67. The first-order chi connectivity index (χ1) is 19.2. The summed E-state index contributed by atoms with van der Waals surface area (Å²) in [7, 11) is -3.84. The van der Waals surface area contributed by atoms with Crippen molar-refractivity contribution in [2.45, 2.75) is 46.7 Å². The van der Waals surface area contributed by atoms with Gasteiger partial charge in [0.25, 0.3) is 0 Å². The lowest BCUT2D eigenvalue weighted by Gasteiger charge is -2.34. The van der Waals surface area contributed by atoms with Gasteiger partial charge in [0.2, 0.25) is 21.8 Å². The van der Waals surface area contributed by atoms with Crippen molar-refractivity contribution in [3.05, 3.63) is 99.0 Å². The number of halogens is 2. The number of nitrogens with zero attached hydrogens (tertiary/aromatic N) is 2. The predicted octanol–water partition coefficient (Wildman–Crippen LogP) is 5.79. The quantitative estimate of drug-likeness (QED) is 0.279. The van der Waals surface area contributed by atoms with E-state index in [2.05, 4.69) is 5.32 Å². The lowest BCUT2D eigenvalue weighted by atomic mass is 10.0. The number of nitrogens with one attached hydrogen (secondary N) is 1. The molecular formula is C31H37Cl2N3O4S. The first-order valence-corrected chi connectivity index (χ1v) is 16.0. The van der Waals surface area contributed by atoms with Crippen LogP contribution in [0.15, 0.2) is 66.7 Å². The van der Waals surface area contributed by atoms with Crippen LogP contribution >= 0.6 is 23.2 Å². The fraction of sp³-hybridized carbons (Fsp3) is 0.355. The third-order valence-corrected chi connectivity index (χ3v) is 8.35. The fourth-order valence-corrected chi connectivity index (χ4v) is 5.67. The summed E-state index contributed by atoms with van der Waals surface area (Å²) in [6, 6.07) is 18.9. The Morgan fingerprint density at radius 2 is 1.51 bits per heavy atom. The van der Waals surface area contributed by atoms with Crippen LogP contribution in [0, 0.1) is 19.8 Å². The van der Waals surface area contributed by atoms with E-state index in [0.717, 1.165) is 27.3 Å². The van der Waals surface area contributed by atoms with E-state index in [1.807, 2.05) is 64.1 Å². The summed E-state index contributed by atoms with van der Waals surface area (Å²) >= 11 is 12.4. The molecule has 3 aromatic carbocycles. The minimum atomic E-state index is -3.84. The van der Waals surface area contributed by atoms with Crippen molar-refractivity contribution >= 4 is 50.7 Å². The van der Waals surface area contributed by atoms with Gasteiger partial charge in [0.1, 0.15) is 12.6 Å².